The molecular formula is C12H22N4O. The fourth-order valence-corrected chi connectivity index (χ4v) is 2.60. The van der Waals surface area contributed by atoms with E-state index in [1.165, 1.54) is 0 Å². The van der Waals surface area contributed by atoms with E-state index in [2.05, 4.69) is 33.5 Å². The maximum Gasteiger partial charge on any atom is 0.147 e. The Morgan fingerprint density at radius 3 is 3.00 bits per heavy atom. The predicted molar refractivity (Wildman–Crippen MR) is 65.4 cm³/mol. The third-order valence-corrected chi connectivity index (χ3v) is 3.56. The second-order valence-corrected chi connectivity index (χ2v) is 5.37. The molecule has 0 fully saturated rings. The normalized spacial score (nSPS) is 19.9. The molecule has 0 aromatic carbocycles. The molecule has 2 heterocycles. The predicted octanol–water partition coefficient (Wildman–Crippen LogP) is 0.892. The van der Waals surface area contributed by atoms with Gasteiger partial charge in [-0.3, -0.25) is 4.90 Å². The molecule has 0 radical (unpaired) electrons. The quantitative estimate of drug-likeness (QED) is 0.828. The topological polar surface area (TPSA) is 54.2 Å². The van der Waals surface area contributed by atoms with Crippen LogP contribution >= 0.6 is 0 Å². The summed E-state index contributed by atoms with van der Waals surface area (Å²) >= 11 is 0. The first-order valence-corrected chi connectivity index (χ1v) is 6.37. The van der Waals surface area contributed by atoms with Gasteiger partial charge in [-0.1, -0.05) is 20.3 Å². The van der Waals surface area contributed by atoms with E-state index in [9.17, 15) is 5.11 Å². The highest BCUT2D eigenvalue weighted by Gasteiger charge is 2.28. The number of aliphatic hydroxyl groups excluding tert-OH is 1. The highest BCUT2D eigenvalue weighted by atomic mass is 16.3. The van der Waals surface area contributed by atoms with Crippen molar-refractivity contribution in [3.63, 3.8) is 0 Å². The van der Waals surface area contributed by atoms with E-state index >= 15 is 0 Å². The molecule has 5 nitrogen and oxygen atoms in total. The van der Waals surface area contributed by atoms with E-state index < -0.39 is 0 Å². The fourth-order valence-electron chi connectivity index (χ4n) is 2.60. The van der Waals surface area contributed by atoms with Crippen LogP contribution in [0.5, 0.6) is 0 Å². The van der Waals surface area contributed by atoms with Gasteiger partial charge in [0, 0.05) is 31.7 Å². The van der Waals surface area contributed by atoms with Crippen LogP contribution in [0.25, 0.3) is 0 Å². The summed E-state index contributed by atoms with van der Waals surface area (Å²) < 4.78 is 2.10. The minimum atomic E-state index is 0.0109. The molecular weight excluding hydrogens is 216 g/mol. The molecule has 2 rings (SSSR count). The van der Waals surface area contributed by atoms with Gasteiger partial charge in [-0.25, -0.2) is 0 Å². The van der Waals surface area contributed by atoms with Gasteiger partial charge in [0.05, 0.1) is 6.54 Å². The Bertz CT molecular complexity index is 365. The van der Waals surface area contributed by atoms with E-state index in [4.69, 9.17) is 0 Å². The summed E-state index contributed by atoms with van der Waals surface area (Å²) in [5.74, 6) is 1.04. The first-order chi connectivity index (χ1) is 8.17. The lowest BCUT2D eigenvalue weighted by Gasteiger charge is -2.35. The summed E-state index contributed by atoms with van der Waals surface area (Å²) in [5.41, 5.74) is 0.0109. The van der Waals surface area contributed by atoms with Gasteiger partial charge in [-0.05, 0) is 6.42 Å². The summed E-state index contributed by atoms with van der Waals surface area (Å²) in [4.78, 5) is 2.37. The zero-order chi connectivity index (χ0) is 12.3. The van der Waals surface area contributed by atoms with Gasteiger partial charge in [0.25, 0.3) is 0 Å². The standard InChI is InChI=1S/C12H22N4O/c1-3-4-12(2,9-17)8-15-5-6-16-10-13-14-11(16)7-15/h10,17H,3-9H2,1-2H3. The van der Waals surface area contributed by atoms with Gasteiger partial charge < -0.3 is 9.67 Å². The van der Waals surface area contributed by atoms with Crippen LogP contribution in [0.3, 0.4) is 0 Å². The van der Waals surface area contributed by atoms with Crippen molar-refractivity contribution in [3.8, 4) is 0 Å². The van der Waals surface area contributed by atoms with Crippen LogP contribution in [0, 0.1) is 5.41 Å². The molecule has 0 saturated heterocycles. The van der Waals surface area contributed by atoms with Crippen molar-refractivity contribution < 1.29 is 5.11 Å². The molecule has 0 amide bonds. The number of aromatic nitrogens is 3. The molecule has 0 bridgehead atoms. The third-order valence-electron chi connectivity index (χ3n) is 3.56. The molecule has 0 spiro atoms. The van der Waals surface area contributed by atoms with E-state index in [1.807, 2.05) is 0 Å². The first kappa shape index (κ1) is 12.5. The second-order valence-electron chi connectivity index (χ2n) is 5.37. The van der Waals surface area contributed by atoms with Crippen LogP contribution in [-0.2, 0) is 13.1 Å². The Kier molecular flexibility index (Phi) is 3.79. The van der Waals surface area contributed by atoms with Gasteiger partial charge in [0.1, 0.15) is 12.2 Å². The number of rotatable bonds is 5. The Balaban J connectivity index is 1.97. The Morgan fingerprint density at radius 1 is 1.47 bits per heavy atom. The molecule has 1 atom stereocenters. The summed E-state index contributed by atoms with van der Waals surface area (Å²) in [5, 5.41) is 17.6. The Morgan fingerprint density at radius 2 is 2.29 bits per heavy atom. The maximum absolute atomic E-state index is 9.54. The van der Waals surface area contributed by atoms with Crippen LogP contribution in [0.4, 0.5) is 0 Å². The molecule has 0 aliphatic carbocycles. The maximum atomic E-state index is 9.54. The molecule has 5 heteroatoms. The highest BCUT2D eigenvalue weighted by molar-refractivity contribution is 4.91. The van der Waals surface area contributed by atoms with Crippen LogP contribution in [0.1, 0.15) is 32.5 Å². The summed E-state index contributed by atoms with van der Waals surface area (Å²) in [6.45, 7) is 8.34. The van der Waals surface area contributed by atoms with Gasteiger partial charge in [-0.15, -0.1) is 10.2 Å². The first-order valence-electron chi connectivity index (χ1n) is 6.37. The van der Waals surface area contributed by atoms with Crippen molar-refractivity contribution in [1.29, 1.82) is 0 Å². The second kappa shape index (κ2) is 5.14. The summed E-state index contributed by atoms with van der Waals surface area (Å²) in [6, 6.07) is 0. The molecule has 1 aromatic rings. The lowest BCUT2D eigenvalue weighted by Crippen LogP contribution is -2.42. The van der Waals surface area contributed by atoms with Crippen molar-refractivity contribution in [2.45, 2.75) is 39.8 Å². The monoisotopic (exact) mass is 238 g/mol. The Hall–Kier alpha value is -0.940. The van der Waals surface area contributed by atoms with Gasteiger partial charge in [-0.2, -0.15) is 0 Å². The molecule has 1 unspecified atom stereocenters. The lowest BCUT2D eigenvalue weighted by atomic mass is 9.86. The minimum absolute atomic E-state index is 0.0109. The molecule has 1 aromatic heterocycles. The number of nitrogens with zero attached hydrogens (tertiary/aromatic N) is 4. The smallest absolute Gasteiger partial charge is 0.147 e. The zero-order valence-corrected chi connectivity index (χ0v) is 10.8. The van der Waals surface area contributed by atoms with E-state index in [0.29, 0.717) is 0 Å². The number of hydrogen-bond acceptors (Lipinski definition) is 4. The SMILES string of the molecule is CCCC(C)(CO)CN1CCn2cnnc2C1. The highest BCUT2D eigenvalue weighted by Crippen LogP contribution is 2.25. The fraction of sp³-hybridized carbons (Fsp3) is 0.833. The van der Waals surface area contributed by atoms with Gasteiger partial charge >= 0.3 is 0 Å². The third kappa shape index (κ3) is 2.84. The molecule has 96 valence electrons. The van der Waals surface area contributed by atoms with Crippen molar-refractivity contribution in [1.82, 2.24) is 19.7 Å². The van der Waals surface area contributed by atoms with Crippen molar-refractivity contribution in [2.24, 2.45) is 5.41 Å². The summed E-state index contributed by atoms with van der Waals surface area (Å²) in [6.07, 6.45) is 3.97. The minimum Gasteiger partial charge on any atom is -0.396 e. The average Bonchev–Trinajstić information content (AvgIpc) is 2.76. The van der Waals surface area contributed by atoms with Crippen molar-refractivity contribution in [3.05, 3.63) is 12.2 Å². The molecule has 1 N–H and O–H groups in total. The molecule has 1 aliphatic rings. The number of fused-ring (bicyclic) bond motifs is 1. The van der Waals surface area contributed by atoms with E-state index in [1.54, 1.807) is 6.33 Å². The largest absolute Gasteiger partial charge is 0.396 e. The summed E-state index contributed by atoms with van der Waals surface area (Å²) in [7, 11) is 0. The number of aliphatic hydroxyl groups is 1. The van der Waals surface area contributed by atoms with Crippen LogP contribution in [0.2, 0.25) is 0 Å². The molecule has 0 saturated carbocycles. The van der Waals surface area contributed by atoms with Crippen LogP contribution in [0.15, 0.2) is 6.33 Å². The van der Waals surface area contributed by atoms with Gasteiger partial charge in [0.15, 0.2) is 0 Å². The molecule has 1 aliphatic heterocycles. The van der Waals surface area contributed by atoms with Crippen molar-refractivity contribution >= 4 is 0 Å². The average molecular weight is 238 g/mol. The van der Waals surface area contributed by atoms with Gasteiger partial charge in [0.2, 0.25) is 0 Å². The Labute approximate surface area is 102 Å². The lowest BCUT2D eigenvalue weighted by molar-refractivity contribution is 0.0668. The van der Waals surface area contributed by atoms with Crippen LogP contribution < -0.4 is 0 Å². The molecule has 17 heavy (non-hydrogen) atoms. The van der Waals surface area contributed by atoms with Crippen LogP contribution in [-0.4, -0.2) is 44.5 Å². The zero-order valence-electron chi connectivity index (χ0n) is 10.8. The van der Waals surface area contributed by atoms with Crippen molar-refractivity contribution in [2.75, 3.05) is 19.7 Å². The van der Waals surface area contributed by atoms with E-state index in [-0.39, 0.29) is 12.0 Å². The van der Waals surface area contributed by atoms with E-state index in [0.717, 1.165) is 44.8 Å². The number of hydrogen-bond donors (Lipinski definition) is 1.